The van der Waals surface area contributed by atoms with Crippen LogP contribution in [0.1, 0.15) is 12.8 Å². The Bertz CT molecular complexity index is 1110. The van der Waals surface area contributed by atoms with Gasteiger partial charge >= 0.3 is 36.2 Å². The highest BCUT2D eigenvalue weighted by Gasteiger charge is 2.95. The van der Waals surface area contributed by atoms with Crippen molar-refractivity contribution in [3.63, 3.8) is 0 Å². The van der Waals surface area contributed by atoms with Gasteiger partial charge in [-0.2, -0.15) is 26.3 Å². The normalized spacial score (nSPS) is 45.0. The fraction of sp³-hybridized carbons (Fsp3) is 0.636. The largest absolute Gasteiger partial charge is 0.478 e. The third kappa shape index (κ3) is 2.30. The number of aliphatic carboxylic acids is 4. The highest BCUT2D eigenvalue weighted by Crippen LogP contribution is 2.84. The quantitative estimate of drug-likeness (QED) is 0.394. The molecule has 10 atom stereocenters. The molecule has 4 aliphatic carbocycles. The van der Waals surface area contributed by atoms with Crippen molar-refractivity contribution in [2.24, 2.45) is 47.3 Å². The smallest absolute Gasteiger partial charge is 0.418 e. The number of fused-ring (bicyclic) bond motifs is 16. The topological polar surface area (TPSA) is 158 Å². The van der Waals surface area contributed by atoms with Gasteiger partial charge in [0.15, 0.2) is 11.2 Å². The van der Waals surface area contributed by atoms with Crippen molar-refractivity contribution < 1.29 is 70.7 Å². The van der Waals surface area contributed by atoms with E-state index in [0.29, 0.717) is 0 Å². The minimum absolute atomic E-state index is 0.586. The molecule has 37 heavy (non-hydrogen) atoms. The zero-order valence-electron chi connectivity index (χ0n) is 18.1. The first-order valence-corrected chi connectivity index (χ1v) is 11.2. The van der Waals surface area contributed by atoms with Crippen LogP contribution in [0.3, 0.4) is 0 Å². The second-order valence-electron chi connectivity index (χ2n) is 10.6. The number of rotatable bonds is 4. The summed E-state index contributed by atoms with van der Waals surface area (Å²) >= 11 is 0. The number of carboxylic acid groups (broad SMARTS) is 4. The lowest BCUT2D eigenvalue weighted by Gasteiger charge is -2.51. The maximum Gasteiger partial charge on any atom is 0.418 e. The molecule has 6 rings (SSSR count). The summed E-state index contributed by atoms with van der Waals surface area (Å²) in [5.41, 5.74) is -10.9. The minimum Gasteiger partial charge on any atom is -0.478 e. The van der Waals surface area contributed by atoms with Crippen molar-refractivity contribution in [3.05, 3.63) is 22.3 Å². The number of alkyl halides is 6. The second-order valence-corrected chi connectivity index (χ2v) is 10.6. The summed E-state index contributed by atoms with van der Waals surface area (Å²) < 4.78 is 95.4. The average molecular weight is 538 g/mol. The maximum absolute atomic E-state index is 15.0. The van der Waals surface area contributed by atoms with Gasteiger partial charge in [-0.25, -0.2) is 19.2 Å². The van der Waals surface area contributed by atoms with Gasteiger partial charge in [0.05, 0.1) is 22.3 Å². The van der Waals surface area contributed by atoms with Crippen LogP contribution < -0.4 is 0 Å². The first-order chi connectivity index (χ1) is 16.9. The lowest BCUT2D eigenvalue weighted by Crippen LogP contribution is -2.64. The molecule has 4 fully saturated rings. The Hall–Kier alpha value is -3.10. The summed E-state index contributed by atoms with van der Waals surface area (Å²) in [4.78, 5) is 47.7. The Kier molecular flexibility index (Phi) is 4.24. The molecular formula is C22H16F6O9. The zero-order valence-corrected chi connectivity index (χ0v) is 18.1. The molecule has 0 radical (unpaired) electrons. The van der Waals surface area contributed by atoms with Gasteiger partial charge in [-0.15, -0.1) is 0 Å². The van der Waals surface area contributed by atoms with E-state index in [2.05, 4.69) is 0 Å². The van der Waals surface area contributed by atoms with Gasteiger partial charge in [-0.1, -0.05) is 0 Å². The van der Waals surface area contributed by atoms with E-state index < -0.39 is 130 Å². The van der Waals surface area contributed by atoms with Crippen molar-refractivity contribution in [3.8, 4) is 0 Å². The molecule has 0 spiro atoms. The van der Waals surface area contributed by atoms with Gasteiger partial charge in [0.25, 0.3) is 0 Å². The van der Waals surface area contributed by atoms with Crippen LogP contribution in [0, 0.1) is 47.3 Å². The van der Waals surface area contributed by atoms with E-state index in [1.807, 2.05) is 0 Å². The zero-order chi connectivity index (χ0) is 27.4. The van der Waals surface area contributed by atoms with Gasteiger partial charge in [-0.05, 0) is 36.5 Å². The van der Waals surface area contributed by atoms with E-state index in [9.17, 15) is 39.6 Å². The highest BCUT2D eigenvalue weighted by molar-refractivity contribution is 6.02. The van der Waals surface area contributed by atoms with Crippen LogP contribution in [0.4, 0.5) is 26.3 Å². The first-order valence-electron chi connectivity index (χ1n) is 11.2. The Morgan fingerprint density at radius 3 is 0.946 bits per heavy atom. The molecule has 0 amide bonds. The Labute approximate surface area is 201 Å². The van der Waals surface area contributed by atoms with Gasteiger partial charge in [0, 0.05) is 23.7 Å². The summed E-state index contributed by atoms with van der Waals surface area (Å²) in [5.74, 6) is -23.0. The Morgan fingerprint density at radius 1 is 0.568 bits per heavy atom. The standard InChI is InChI=1S/C22H16F6O9/c23-21(24,25)19-11-3-1-4(8(16(31)32)7(3)15(29)30)12(11)20(37-19,22(26,27)28)14-6-2-5(13(14)19)9(17(33)34)10(6)18(35)36/h3-6,11-14H,1-2H2,(H,29,30)(H,31,32)(H,33,34)(H,35,36)/t3-,4-,5+,6+,11?,12?,13?,14?,19?,20?. The average Bonchev–Trinajstić information content (AvgIpc) is 3.54. The number of halogens is 6. The number of carboxylic acids is 4. The fourth-order valence-electron chi connectivity index (χ4n) is 9.35. The fourth-order valence-corrected chi connectivity index (χ4v) is 9.35. The summed E-state index contributed by atoms with van der Waals surface area (Å²) in [6, 6.07) is 0. The number of ether oxygens (including phenoxy) is 1. The molecule has 9 nitrogen and oxygen atoms in total. The van der Waals surface area contributed by atoms with E-state index in [-0.39, 0.29) is 0 Å². The van der Waals surface area contributed by atoms with Crippen molar-refractivity contribution in [1.82, 2.24) is 0 Å². The molecule has 200 valence electrons. The summed E-state index contributed by atoms with van der Waals surface area (Å²) in [6.45, 7) is 0. The molecule has 2 heterocycles. The summed E-state index contributed by atoms with van der Waals surface area (Å²) in [5, 5.41) is 38.6. The lowest BCUT2D eigenvalue weighted by molar-refractivity contribution is -0.329. The van der Waals surface area contributed by atoms with E-state index in [0.717, 1.165) is 0 Å². The van der Waals surface area contributed by atoms with E-state index in [1.165, 1.54) is 0 Å². The van der Waals surface area contributed by atoms with Crippen LogP contribution in [-0.2, 0) is 23.9 Å². The number of hydrogen-bond acceptors (Lipinski definition) is 5. The van der Waals surface area contributed by atoms with E-state index in [1.54, 1.807) is 0 Å². The Morgan fingerprint density at radius 2 is 0.784 bits per heavy atom. The molecule has 4 N–H and O–H groups in total. The molecular weight excluding hydrogens is 522 g/mol. The molecule has 0 aromatic rings. The van der Waals surface area contributed by atoms with Gasteiger partial charge in [-0.3, -0.25) is 0 Å². The molecule has 15 heteroatoms. The number of hydrogen-bond donors (Lipinski definition) is 4. The molecule has 0 aromatic heterocycles. The van der Waals surface area contributed by atoms with E-state index in [4.69, 9.17) is 4.74 Å². The van der Waals surface area contributed by atoms with E-state index >= 15 is 26.3 Å². The third-order valence-corrected chi connectivity index (χ3v) is 9.71. The van der Waals surface area contributed by atoms with Crippen LogP contribution in [0.25, 0.3) is 0 Å². The van der Waals surface area contributed by atoms with Gasteiger partial charge in [0.1, 0.15) is 0 Å². The molecule has 6 aliphatic rings. The maximum atomic E-state index is 15.0. The number of carbonyl (C=O) groups is 4. The Balaban J connectivity index is 1.68. The second kappa shape index (κ2) is 6.48. The summed E-state index contributed by atoms with van der Waals surface area (Å²) in [7, 11) is 0. The van der Waals surface area contributed by atoms with Crippen LogP contribution in [0.5, 0.6) is 0 Å². The highest BCUT2D eigenvalue weighted by atomic mass is 19.4. The predicted molar refractivity (Wildman–Crippen MR) is 100 cm³/mol. The molecule has 6 bridgehead atoms. The molecule has 2 saturated carbocycles. The first kappa shape index (κ1) is 24.2. The van der Waals surface area contributed by atoms with Crippen molar-refractivity contribution >= 4 is 23.9 Å². The van der Waals surface area contributed by atoms with Gasteiger partial charge in [0.2, 0.25) is 0 Å². The van der Waals surface area contributed by atoms with Gasteiger partial charge < -0.3 is 25.2 Å². The lowest BCUT2D eigenvalue weighted by atomic mass is 9.49. The van der Waals surface area contributed by atoms with Crippen molar-refractivity contribution in [2.75, 3.05) is 0 Å². The van der Waals surface area contributed by atoms with Crippen LogP contribution >= 0.6 is 0 Å². The SMILES string of the molecule is O=C(O)C1=C(C(=O)O)[C@H]2C[C@H]1C1C2C2(C(F)(F)F)OC1(C(F)(F)F)C1C2[C@H]2C[C@H]1C(C(=O)O)=C2C(=O)O. The molecule has 2 saturated heterocycles. The molecule has 6 unspecified atom stereocenters. The van der Waals surface area contributed by atoms with Crippen LogP contribution in [0.2, 0.25) is 0 Å². The van der Waals surface area contributed by atoms with Crippen LogP contribution in [-0.4, -0.2) is 67.9 Å². The third-order valence-electron chi connectivity index (χ3n) is 9.71. The monoisotopic (exact) mass is 538 g/mol. The molecule has 0 aromatic carbocycles. The van der Waals surface area contributed by atoms with Crippen molar-refractivity contribution in [1.29, 1.82) is 0 Å². The predicted octanol–water partition coefficient (Wildman–Crippen LogP) is 2.33. The summed E-state index contributed by atoms with van der Waals surface area (Å²) in [6.07, 6.45) is -12.3. The minimum atomic E-state index is -5.54. The molecule has 2 aliphatic heterocycles. The van der Waals surface area contributed by atoms with Crippen LogP contribution in [0.15, 0.2) is 22.3 Å². The van der Waals surface area contributed by atoms with Crippen molar-refractivity contribution in [2.45, 2.75) is 36.4 Å².